The van der Waals surface area contributed by atoms with Gasteiger partial charge in [-0.2, -0.15) is 0 Å². The number of carbonyl (C=O) groups is 1. The van der Waals surface area contributed by atoms with Crippen molar-refractivity contribution in [1.29, 1.82) is 0 Å². The highest BCUT2D eigenvalue weighted by Crippen LogP contribution is 2.49. The van der Waals surface area contributed by atoms with Crippen molar-refractivity contribution < 1.29 is 9.72 Å². The van der Waals surface area contributed by atoms with Crippen molar-refractivity contribution in [2.75, 3.05) is 0 Å². The zero-order valence-electron chi connectivity index (χ0n) is 13.0. The van der Waals surface area contributed by atoms with E-state index in [0.29, 0.717) is 17.4 Å². The summed E-state index contributed by atoms with van der Waals surface area (Å²) in [7, 11) is 0. The summed E-state index contributed by atoms with van der Waals surface area (Å²) in [6, 6.07) is 4.96. The summed E-state index contributed by atoms with van der Waals surface area (Å²) in [6.45, 7) is 3.69. The fourth-order valence-electron chi connectivity index (χ4n) is 4.38. The quantitative estimate of drug-likeness (QED) is 0.684. The molecule has 3 rings (SSSR count). The first-order valence-corrected chi connectivity index (χ1v) is 8.02. The molecule has 118 valence electrons. The summed E-state index contributed by atoms with van der Waals surface area (Å²) in [5.74, 6) is 1.73. The largest absolute Gasteiger partial charge is 0.349 e. The number of nitro groups is 1. The average Bonchev–Trinajstić information content (AvgIpc) is 3.09. The van der Waals surface area contributed by atoms with Gasteiger partial charge in [0.25, 0.3) is 11.6 Å². The van der Waals surface area contributed by atoms with Gasteiger partial charge in [-0.3, -0.25) is 14.9 Å². The van der Waals surface area contributed by atoms with Crippen molar-refractivity contribution in [3.8, 4) is 0 Å². The van der Waals surface area contributed by atoms with Crippen LogP contribution in [0.25, 0.3) is 0 Å². The van der Waals surface area contributed by atoms with Gasteiger partial charge in [-0.05, 0) is 56.9 Å². The van der Waals surface area contributed by atoms with Crippen LogP contribution in [0.4, 0.5) is 5.69 Å². The number of rotatable bonds is 4. The van der Waals surface area contributed by atoms with Gasteiger partial charge in [-0.25, -0.2) is 0 Å². The highest BCUT2D eigenvalue weighted by atomic mass is 16.6. The van der Waals surface area contributed by atoms with Crippen molar-refractivity contribution in [3.05, 3.63) is 39.4 Å². The standard InChI is InChI=1S/C17H22N2O3/c1-10-4-3-5-14(16(10)19(21)22)17(20)18-11(2)15-9-12-6-7-13(15)8-12/h3-5,11-13,15H,6-9H2,1-2H3,(H,18,20)/t11-,12+,13+,15-/m1/s1. The Morgan fingerprint density at radius 3 is 2.73 bits per heavy atom. The van der Waals surface area contributed by atoms with Crippen molar-refractivity contribution in [1.82, 2.24) is 5.32 Å². The van der Waals surface area contributed by atoms with E-state index >= 15 is 0 Å². The number of carbonyl (C=O) groups excluding carboxylic acids is 1. The molecule has 5 nitrogen and oxygen atoms in total. The smallest absolute Gasteiger partial charge is 0.285 e. The molecule has 1 aromatic rings. The minimum absolute atomic E-state index is 0.0721. The molecule has 5 heteroatoms. The van der Waals surface area contributed by atoms with Crippen LogP contribution in [0.1, 0.15) is 48.5 Å². The van der Waals surface area contributed by atoms with Crippen LogP contribution in [0.5, 0.6) is 0 Å². The van der Waals surface area contributed by atoms with E-state index in [1.165, 1.54) is 31.7 Å². The fraction of sp³-hybridized carbons (Fsp3) is 0.588. The first-order valence-electron chi connectivity index (χ1n) is 8.02. The fourth-order valence-corrected chi connectivity index (χ4v) is 4.38. The van der Waals surface area contributed by atoms with E-state index in [0.717, 1.165) is 5.92 Å². The third-order valence-electron chi connectivity index (χ3n) is 5.46. The number of hydrogen-bond acceptors (Lipinski definition) is 3. The summed E-state index contributed by atoms with van der Waals surface area (Å²) < 4.78 is 0. The normalized spacial score (nSPS) is 27.6. The van der Waals surface area contributed by atoms with Crippen molar-refractivity contribution in [3.63, 3.8) is 0 Å². The van der Waals surface area contributed by atoms with Gasteiger partial charge < -0.3 is 5.32 Å². The third-order valence-corrected chi connectivity index (χ3v) is 5.46. The molecule has 2 aliphatic carbocycles. The molecule has 0 saturated heterocycles. The Labute approximate surface area is 130 Å². The second kappa shape index (κ2) is 5.71. The number of fused-ring (bicyclic) bond motifs is 2. The first-order chi connectivity index (χ1) is 10.5. The van der Waals surface area contributed by atoms with Crippen LogP contribution in [0.15, 0.2) is 18.2 Å². The van der Waals surface area contributed by atoms with Crippen LogP contribution in [0.2, 0.25) is 0 Å². The molecule has 1 N–H and O–H groups in total. The zero-order chi connectivity index (χ0) is 15.9. The molecule has 0 heterocycles. The van der Waals surface area contributed by atoms with Gasteiger partial charge in [0.1, 0.15) is 5.56 Å². The Morgan fingerprint density at radius 2 is 2.14 bits per heavy atom. The highest BCUT2D eigenvalue weighted by Gasteiger charge is 2.42. The summed E-state index contributed by atoms with van der Waals surface area (Å²) in [6.07, 6.45) is 5.06. The highest BCUT2D eigenvalue weighted by molar-refractivity contribution is 5.98. The maximum atomic E-state index is 12.5. The van der Waals surface area contributed by atoms with E-state index in [1.807, 2.05) is 6.92 Å². The molecule has 1 aromatic carbocycles. The Hall–Kier alpha value is -1.91. The Bertz CT molecular complexity index is 614. The molecule has 2 fully saturated rings. The average molecular weight is 302 g/mol. The molecular weight excluding hydrogens is 280 g/mol. The topological polar surface area (TPSA) is 72.2 Å². The van der Waals surface area contributed by atoms with E-state index in [1.54, 1.807) is 19.1 Å². The predicted molar refractivity (Wildman–Crippen MR) is 83.7 cm³/mol. The molecule has 0 radical (unpaired) electrons. The summed E-state index contributed by atoms with van der Waals surface area (Å²) in [4.78, 5) is 23.2. The van der Waals surface area contributed by atoms with Crippen molar-refractivity contribution >= 4 is 11.6 Å². The Kier molecular flexibility index (Phi) is 3.89. The van der Waals surface area contributed by atoms with Crippen LogP contribution in [0.3, 0.4) is 0 Å². The Balaban J connectivity index is 1.75. The van der Waals surface area contributed by atoms with E-state index in [2.05, 4.69) is 5.32 Å². The molecule has 22 heavy (non-hydrogen) atoms. The second-order valence-electron chi connectivity index (χ2n) is 6.83. The number of hydrogen-bond donors (Lipinski definition) is 1. The minimum atomic E-state index is -0.466. The second-order valence-corrected chi connectivity index (χ2v) is 6.83. The first kappa shape index (κ1) is 15.0. The van der Waals surface area contributed by atoms with Crippen LogP contribution in [-0.4, -0.2) is 16.9 Å². The maximum Gasteiger partial charge on any atom is 0.285 e. The van der Waals surface area contributed by atoms with Crippen LogP contribution >= 0.6 is 0 Å². The molecular formula is C17H22N2O3. The molecule has 0 aliphatic heterocycles. The van der Waals surface area contributed by atoms with Crippen LogP contribution < -0.4 is 5.32 Å². The van der Waals surface area contributed by atoms with Crippen LogP contribution in [0, 0.1) is 34.8 Å². The molecule has 1 amide bonds. The van der Waals surface area contributed by atoms with Crippen molar-refractivity contribution in [2.45, 2.75) is 45.6 Å². The summed E-state index contributed by atoms with van der Waals surface area (Å²) in [5, 5.41) is 14.2. The monoisotopic (exact) mass is 302 g/mol. The number of nitrogens with zero attached hydrogens (tertiary/aromatic N) is 1. The molecule has 0 aromatic heterocycles. The van der Waals surface area contributed by atoms with E-state index < -0.39 is 4.92 Å². The predicted octanol–water partition coefficient (Wildman–Crippen LogP) is 3.46. The number of benzene rings is 1. The minimum Gasteiger partial charge on any atom is -0.349 e. The van der Waals surface area contributed by atoms with Gasteiger partial charge in [0.15, 0.2) is 0 Å². The summed E-state index contributed by atoms with van der Waals surface area (Å²) >= 11 is 0. The molecule has 2 saturated carbocycles. The lowest BCUT2D eigenvalue weighted by Gasteiger charge is -2.28. The lowest BCUT2D eigenvalue weighted by molar-refractivity contribution is -0.385. The third kappa shape index (κ3) is 2.60. The molecule has 0 unspecified atom stereocenters. The van der Waals surface area contributed by atoms with Gasteiger partial charge in [-0.15, -0.1) is 0 Å². The summed E-state index contributed by atoms with van der Waals surface area (Å²) in [5.41, 5.74) is 0.602. The molecule has 2 bridgehead atoms. The lowest BCUT2D eigenvalue weighted by Crippen LogP contribution is -2.40. The van der Waals surface area contributed by atoms with Gasteiger partial charge in [-0.1, -0.05) is 18.6 Å². The Morgan fingerprint density at radius 1 is 1.36 bits per heavy atom. The number of nitro benzene ring substituents is 1. The van der Waals surface area contributed by atoms with Gasteiger partial charge in [0.2, 0.25) is 0 Å². The van der Waals surface area contributed by atoms with Gasteiger partial charge in [0, 0.05) is 11.6 Å². The van der Waals surface area contributed by atoms with E-state index in [4.69, 9.17) is 0 Å². The SMILES string of the molecule is Cc1cccc(C(=O)N[C@H](C)[C@H]2C[C@H]3CC[C@H]2C3)c1[N+](=O)[O-]. The number of nitrogens with one attached hydrogen (secondary N) is 1. The van der Waals surface area contributed by atoms with Crippen LogP contribution in [-0.2, 0) is 0 Å². The zero-order valence-corrected chi connectivity index (χ0v) is 13.0. The van der Waals surface area contributed by atoms with Gasteiger partial charge >= 0.3 is 0 Å². The number of para-hydroxylation sites is 1. The molecule has 4 atom stereocenters. The van der Waals surface area contributed by atoms with Gasteiger partial charge in [0.05, 0.1) is 4.92 Å². The lowest BCUT2D eigenvalue weighted by atomic mass is 9.84. The van der Waals surface area contributed by atoms with E-state index in [9.17, 15) is 14.9 Å². The van der Waals surface area contributed by atoms with E-state index in [-0.39, 0.29) is 23.2 Å². The number of aryl methyl sites for hydroxylation is 1. The van der Waals surface area contributed by atoms with Crippen molar-refractivity contribution in [2.24, 2.45) is 17.8 Å². The number of amides is 1. The molecule has 2 aliphatic rings. The molecule has 0 spiro atoms. The maximum absolute atomic E-state index is 12.5.